The van der Waals surface area contributed by atoms with E-state index in [1.54, 1.807) is 49.9 Å². The van der Waals surface area contributed by atoms with Crippen LogP contribution in [-0.2, 0) is 37.5 Å². The summed E-state index contributed by atoms with van der Waals surface area (Å²) >= 11 is 0. The third-order valence-electron chi connectivity index (χ3n) is 2.30. The largest absolute Gasteiger partial charge is 1.00 e. The van der Waals surface area contributed by atoms with E-state index < -0.39 is 6.92 Å². The number of nitrogens with zero attached hydrogens (tertiary/aromatic N) is 1. The maximum atomic E-state index is 10.9. The predicted molar refractivity (Wildman–Crippen MR) is 75.7 cm³/mol. The number of hydrogen-bond donors (Lipinski definition) is 1. The van der Waals surface area contributed by atoms with E-state index >= 15 is 0 Å². The zero-order valence-corrected chi connectivity index (χ0v) is 18.2. The fraction of sp³-hybridized carbons (Fsp3) is 0.0714. The molecule has 0 atom stereocenters. The Morgan fingerprint density at radius 2 is 1.90 bits per heavy atom. The molecular formula is C14H14BKN2O2Y-2. The maximum Gasteiger partial charge on any atom is 1.00 e. The summed E-state index contributed by atoms with van der Waals surface area (Å²) in [4.78, 5) is 13.7. The molecule has 0 unspecified atom stereocenters. The SMILES string of the molecule is CB([O-])c1ccc(N[C-]=O)cc1.[CH2-]c1cccnc1.[K+].[Y]. The van der Waals surface area contributed by atoms with Gasteiger partial charge in [-0.15, -0.1) is 29.3 Å². The zero-order chi connectivity index (χ0) is 14.1. The smallest absolute Gasteiger partial charge is 0.876 e. The van der Waals surface area contributed by atoms with Gasteiger partial charge in [-0.2, -0.15) is 18.6 Å². The zero-order valence-electron chi connectivity index (χ0n) is 12.2. The summed E-state index contributed by atoms with van der Waals surface area (Å²) < 4.78 is 0. The molecule has 0 fully saturated rings. The molecule has 1 N–H and O–H groups in total. The molecule has 2 aromatic rings. The maximum absolute atomic E-state index is 10.9. The first-order chi connectivity index (χ1) is 9.13. The molecule has 4 nitrogen and oxygen atoms in total. The van der Waals surface area contributed by atoms with Gasteiger partial charge in [-0.1, -0.05) is 25.2 Å². The average Bonchev–Trinajstić information content (AvgIpc) is 2.41. The van der Waals surface area contributed by atoms with Crippen LogP contribution >= 0.6 is 0 Å². The van der Waals surface area contributed by atoms with E-state index in [2.05, 4.69) is 17.2 Å². The fourth-order valence-corrected chi connectivity index (χ4v) is 1.29. The quantitative estimate of drug-likeness (QED) is 0.367. The summed E-state index contributed by atoms with van der Waals surface area (Å²) in [6.07, 6.45) is 5.01. The molecule has 0 spiro atoms. The van der Waals surface area contributed by atoms with Crippen molar-refractivity contribution in [3.8, 4) is 0 Å². The number of aromatic nitrogens is 1. The van der Waals surface area contributed by atoms with Crippen molar-refractivity contribution >= 4 is 24.5 Å². The number of amides is 1. The number of pyridine rings is 1. The van der Waals surface area contributed by atoms with Crippen LogP contribution in [0.15, 0.2) is 48.8 Å². The first-order valence-electron chi connectivity index (χ1n) is 5.74. The van der Waals surface area contributed by atoms with Crippen LogP contribution in [0.4, 0.5) is 5.69 Å². The summed E-state index contributed by atoms with van der Waals surface area (Å²) in [5.41, 5.74) is 2.32. The molecule has 2 rings (SSSR count). The number of hydrogen-bond acceptors (Lipinski definition) is 3. The Hall–Kier alpha value is 0.475. The number of carbonyl (C=O) groups excluding carboxylic acids is 1. The summed E-state index contributed by atoms with van der Waals surface area (Å²) in [6.45, 7) is 4.51. The molecule has 1 amide bonds. The van der Waals surface area contributed by atoms with E-state index in [4.69, 9.17) is 0 Å². The number of nitrogens with one attached hydrogen (secondary N) is 1. The molecule has 0 saturated carbocycles. The first-order valence-corrected chi connectivity index (χ1v) is 5.74. The fourth-order valence-electron chi connectivity index (χ4n) is 1.29. The van der Waals surface area contributed by atoms with Crippen molar-refractivity contribution in [1.29, 1.82) is 0 Å². The molecule has 0 bridgehead atoms. The molecule has 1 aromatic heterocycles. The predicted octanol–water partition coefficient (Wildman–Crippen LogP) is -2.38. The monoisotopic (exact) mass is 381 g/mol. The third kappa shape index (κ3) is 10.8. The number of rotatable bonds is 3. The van der Waals surface area contributed by atoms with E-state index in [0.717, 1.165) is 5.56 Å². The van der Waals surface area contributed by atoms with Crippen LogP contribution in [0.1, 0.15) is 5.56 Å². The van der Waals surface area contributed by atoms with E-state index in [9.17, 15) is 9.82 Å². The minimum absolute atomic E-state index is 0. The third-order valence-corrected chi connectivity index (χ3v) is 2.30. The van der Waals surface area contributed by atoms with Gasteiger partial charge in [0, 0.05) is 32.7 Å². The summed E-state index contributed by atoms with van der Waals surface area (Å²) in [5, 5.41) is 13.3. The molecule has 1 aromatic carbocycles. The van der Waals surface area contributed by atoms with Gasteiger partial charge < -0.3 is 20.1 Å². The minimum Gasteiger partial charge on any atom is -0.876 e. The summed E-state index contributed by atoms with van der Waals surface area (Å²) in [7, 11) is 0. The van der Waals surface area contributed by atoms with Gasteiger partial charge in [0.2, 0.25) is 0 Å². The van der Waals surface area contributed by atoms with Crippen molar-refractivity contribution in [2.24, 2.45) is 0 Å². The van der Waals surface area contributed by atoms with Gasteiger partial charge in [0.1, 0.15) is 0 Å². The molecule has 1 radical (unpaired) electrons. The molecule has 1 heterocycles. The van der Waals surface area contributed by atoms with Gasteiger partial charge in [-0.3, -0.25) is 0 Å². The summed E-state index contributed by atoms with van der Waals surface area (Å²) in [6, 6.07) is 10.5. The molecule has 101 valence electrons. The second-order valence-electron chi connectivity index (χ2n) is 3.85. The van der Waals surface area contributed by atoms with Gasteiger partial charge in [-0.05, 0) is 6.20 Å². The second kappa shape index (κ2) is 14.1. The molecule has 0 aliphatic carbocycles. The van der Waals surface area contributed by atoms with Crippen molar-refractivity contribution in [3.05, 3.63) is 61.3 Å². The first kappa shape index (κ1) is 23.7. The van der Waals surface area contributed by atoms with Gasteiger partial charge in [-0.25, -0.2) is 0 Å². The van der Waals surface area contributed by atoms with Gasteiger partial charge >= 0.3 is 51.4 Å². The number of anilines is 1. The Balaban J connectivity index is 0. The van der Waals surface area contributed by atoms with Gasteiger partial charge in [0.05, 0.1) is 13.3 Å². The van der Waals surface area contributed by atoms with Crippen molar-refractivity contribution in [2.75, 3.05) is 5.32 Å². The van der Waals surface area contributed by atoms with Gasteiger partial charge in [0.25, 0.3) is 0 Å². The summed E-state index contributed by atoms with van der Waals surface area (Å²) in [5.74, 6) is 0. The van der Waals surface area contributed by atoms with Crippen LogP contribution in [0.2, 0.25) is 6.82 Å². The van der Waals surface area contributed by atoms with Crippen molar-refractivity contribution in [3.63, 3.8) is 0 Å². The normalized spacial score (nSPS) is 8.10. The van der Waals surface area contributed by atoms with Gasteiger partial charge in [0.15, 0.2) is 0 Å². The van der Waals surface area contributed by atoms with Crippen LogP contribution in [0, 0.1) is 6.92 Å². The standard InChI is InChI=1S/C8H8BNO2.C6H6N.K.Y/c1-9(12)7-2-4-8(5-3-7)10-6-11;1-6-3-2-4-7-5-6;;/h2-5H,1H3,(H,10,11);2-5H,1H2;;/q-2;-1;+1;. The van der Waals surface area contributed by atoms with Crippen molar-refractivity contribution in [1.82, 2.24) is 4.98 Å². The number of benzene rings is 1. The molecule has 7 heteroatoms. The Labute approximate surface area is 193 Å². The molecule has 0 aliphatic rings. The Kier molecular flexibility index (Phi) is 15.9. The van der Waals surface area contributed by atoms with Crippen molar-refractivity contribution in [2.45, 2.75) is 6.82 Å². The van der Waals surface area contributed by atoms with E-state index in [1.165, 1.54) is 0 Å². The van der Waals surface area contributed by atoms with Crippen LogP contribution < -0.4 is 67.2 Å². The molecule has 21 heavy (non-hydrogen) atoms. The Morgan fingerprint density at radius 1 is 1.29 bits per heavy atom. The Bertz CT molecular complexity index is 498. The molecular weight excluding hydrogens is 367 g/mol. The van der Waals surface area contributed by atoms with Crippen LogP contribution in [0.3, 0.4) is 0 Å². The van der Waals surface area contributed by atoms with E-state index in [-0.39, 0.29) is 84.1 Å². The van der Waals surface area contributed by atoms with E-state index in [1.807, 2.05) is 12.1 Å². The average molecular weight is 381 g/mol. The Morgan fingerprint density at radius 3 is 2.24 bits per heavy atom. The second-order valence-corrected chi connectivity index (χ2v) is 3.85. The minimum atomic E-state index is -0.723. The topological polar surface area (TPSA) is 65.0 Å². The molecule has 0 saturated heterocycles. The van der Waals surface area contributed by atoms with Crippen molar-refractivity contribution < 1.29 is 93.9 Å². The van der Waals surface area contributed by atoms with Crippen LogP contribution in [0.5, 0.6) is 0 Å². The molecule has 0 aliphatic heterocycles. The van der Waals surface area contributed by atoms with E-state index in [0.29, 0.717) is 11.2 Å². The van der Waals surface area contributed by atoms with Crippen LogP contribution in [0.25, 0.3) is 0 Å². The van der Waals surface area contributed by atoms with Crippen LogP contribution in [-0.4, -0.2) is 18.3 Å².